The Balaban J connectivity index is 0.00000300. The van der Waals surface area contributed by atoms with Crippen LogP contribution in [0.25, 0.3) is 10.2 Å². The number of carbonyl (C=O) groups is 1. The molecule has 8 heteroatoms. The van der Waals surface area contributed by atoms with E-state index in [0.717, 1.165) is 34.3 Å². The molecule has 2 aromatic carbocycles. The molecule has 3 aromatic rings. The predicted octanol–water partition coefficient (Wildman–Crippen LogP) is 5.73. The van der Waals surface area contributed by atoms with Crippen molar-refractivity contribution in [1.82, 2.24) is 9.88 Å². The maximum atomic E-state index is 13.4. The third-order valence-electron chi connectivity index (χ3n) is 4.43. The fourth-order valence-corrected chi connectivity index (χ4v) is 4.41. The van der Waals surface area contributed by atoms with Crippen molar-refractivity contribution in [1.29, 1.82) is 0 Å². The molecule has 0 unspecified atom stereocenters. The van der Waals surface area contributed by atoms with E-state index in [9.17, 15) is 9.18 Å². The summed E-state index contributed by atoms with van der Waals surface area (Å²) in [4.78, 5) is 21.7. The van der Waals surface area contributed by atoms with Crippen molar-refractivity contribution < 1.29 is 9.18 Å². The first-order chi connectivity index (χ1) is 13.3. The van der Waals surface area contributed by atoms with E-state index in [1.54, 1.807) is 4.90 Å². The summed E-state index contributed by atoms with van der Waals surface area (Å²) < 4.78 is 14.5. The lowest BCUT2D eigenvalue weighted by atomic mass is 10.1. The van der Waals surface area contributed by atoms with Gasteiger partial charge in [0, 0.05) is 6.54 Å². The Labute approximate surface area is 185 Å². The van der Waals surface area contributed by atoms with Crippen molar-refractivity contribution in [2.24, 2.45) is 0 Å². The molecule has 1 aromatic heterocycles. The second kappa shape index (κ2) is 9.85. The summed E-state index contributed by atoms with van der Waals surface area (Å²) in [5, 5.41) is 0.739. The molecule has 4 nitrogen and oxygen atoms in total. The molecule has 0 saturated carbocycles. The lowest BCUT2D eigenvalue weighted by molar-refractivity contribution is 0.0986. The van der Waals surface area contributed by atoms with Gasteiger partial charge in [-0.25, -0.2) is 9.37 Å². The van der Waals surface area contributed by atoms with Gasteiger partial charge in [0.05, 0.1) is 20.8 Å². The first-order valence-corrected chi connectivity index (χ1v) is 10.2. The van der Waals surface area contributed by atoms with Crippen LogP contribution in [0.2, 0.25) is 5.02 Å². The highest BCUT2D eigenvalue weighted by Gasteiger charge is 2.23. The number of rotatable bonds is 6. The van der Waals surface area contributed by atoms with Crippen LogP contribution in [0.4, 0.5) is 9.52 Å². The van der Waals surface area contributed by atoms with Crippen LogP contribution in [0.3, 0.4) is 0 Å². The van der Waals surface area contributed by atoms with Gasteiger partial charge in [0.2, 0.25) is 0 Å². The largest absolute Gasteiger partial charge is 0.309 e. The molecule has 3 rings (SSSR count). The Kier molecular flexibility index (Phi) is 8.00. The fraction of sp³-hybridized carbons (Fsp3) is 0.333. The van der Waals surface area contributed by atoms with Crippen LogP contribution in [0.5, 0.6) is 0 Å². The smallest absolute Gasteiger partial charge is 0.261 e. The molecule has 0 atom stereocenters. The van der Waals surface area contributed by atoms with Gasteiger partial charge in [0.25, 0.3) is 5.91 Å². The van der Waals surface area contributed by atoms with Crippen molar-refractivity contribution >= 4 is 56.6 Å². The number of hydrogen-bond acceptors (Lipinski definition) is 4. The molecule has 156 valence electrons. The zero-order valence-corrected chi connectivity index (χ0v) is 19.2. The number of thiazole rings is 1. The molecule has 0 aliphatic rings. The molecular formula is C21H24Cl2FN3OS. The molecule has 0 fully saturated rings. The number of hydrogen-bond donors (Lipinski definition) is 0. The minimum absolute atomic E-state index is 0. The van der Waals surface area contributed by atoms with Crippen LogP contribution < -0.4 is 4.90 Å². The molecule has 0 radical (unpaired) electrons. The lowest BCUT2D eigenvalue weighted by Gasteiger charge is -2.21. The summed E-state index contributed by atoms with van der Waals surface area (Å²) in [5.41, 5.74) is 3.43. The van der Waals surface area contributed by atoms with Crippen molar-refractivity contribution in [3.63, 3.8) is 0 Å². The average molecular weight is 456 g/mol. The number of nitrogens with zero attached hydrogens (tertiary/aromatic N) is 3. The monoisotopic (exact) mass is 455 g/mol. The highest BCUT2D eigenvalue weighted by Crippen LogP contribution is 2.33. The van der Waals surface area contributed by atoms with Gasteiger partial charge in [-0.05, 0) is 76.3 Å². The Bertz CT molecular complexity index is 1020. The van der Waals surface area contributed by atoms with Gasteiger partial charge in [-0.15, -0.1) is 12.4 Å². The summed E-state index contributed by atoms with van der Waals surface area (Å²) in [7, 11) is 3.99. The molecule has 0 saturated heterocycles. The summed E-state index contributed by atoms with van der Waals surface area (Å²) in [6.07, 6.45) is 0.783. The fourth-order valence-electron chi connectivity index (χ4n) is 3.12. The Morgan fingerprint density at radius 2 is 1.90 bits per heavy atom. The zero-order chi connectivity index (χ0) is 20.4. The van der Waals surface area contributed by atoms with Crippen molar-refractivity contribution in [2.75, 3.05) is 32.1 Å². The van der Waals surface area contributed by atoms with Gasteiger partial charge >= 0.3 is 0 Å². The number of anilines is 1. The minimum Gasteiger partial charge on any atom is -0.309 e. The average Bonchev–Trinajstić information content (AvgIpc) is 3.02. The normalized spacial score (nSPS) is 11.0. The van der Waals surface area contributed by atoms with Gasteiger partial charge in [0.15, 0.2) is 5.13 Å². The highest BCUT2D eigenvalue weighted by atomic mass is 35.5. The molecule has 0 aliphatic carbocycles. The molecular weight excluding hydrogens is 432 g/mol. The van der Waals surface area contributed by atoms with E-state index in [1.807, 2.05) is 34.0 Å². The highest BCUT2D eigenvalue weighted by molar-refractivity contribution is 7.22. The molecule has 0 bridgehead atoms. The maximum absolute atomic E-state index is 13.4. The first-order valence-electron chi connectivity index (χ1n) is 9.05. The zero-order valence-electron chi connectivity index (χ0n) is 16.8. The van der Waals surface area contributed by atoms with E-state index < -0.39 is 5.82 Å². The summed E-state index contributed by atoms with van der Waals surface area (Å²) in [6, 6.07) is 7.98. The topological polar surface area (TPSA) is 36.4 Å². The van der Waals surface area contributed by atoms with Crippen LogP contribution in [-0.2, 0) is 0 Å². The third kappa shape index (κ3) is 5.45. The van der Waals surface area contributed by atoms with Crippen LogP contribution >= 0.6 is 35.3 Å². The Morgan fingerprint density at radius 3 is 2.55 bits per heavy atom. The number of carbonyl (C=O) groups excluding carboxylic acids is 1. The predicted molar refractivity (Wildman–Crippen MR) is 123 cm³/mol. The van der Waals surface area contributed by atoms with Gasteiger partial charge in [-0.1, -0.05) is 29.0 Å². The number of amides is 1. The lowest BCUT2D eigenvalue weighted by Crippen LogP contribution is -2.33. The maximum Gasteiger partial charge on any atom is 0.261 e. The van der Waals surface area contributed by atoms with E-state index >= 15 is 0 Å². The van der Waals surface area contributed by atoms with E-state index in [-0.39, 0.29) is 28.9 Å². The van der Waals surface area contributed by atoms with Crippen molar-refractivity contribution in [3.8, 4) is 0 Å². The molecule has 29 heavy (non-hydrogen) atoms. The number of halogens is 3. The molecule has 0 spiro atoms. The second-order valence-corrected chi connectivity index (χ2v) is 8.55. The van der Waals surface area contributed by atoms with Gasteiger partial charge in [0.1, 0.15) is 5.82 Å². The Hall–Kier alpha value is -1.73. The van der Waals surface area contributed by atoms with Crippen LogP contribution in [0.15, 0.2) is 30.3 Å². The molecule has 0 aliphatic heterocycles. The number of benzene rings is 2. The summed E-state index contributed by atoms with van der Waals surface area (Å²) >= 11 is 7.65. The SMILES string of the molecule is Cc1cc(C)c2sc(N(CCCN(C)C)C(=O)c3ccc(F)cc3Cl)nc2c1.Cl. The standard InChI is InChI=1S/C21H23ClFN3OS.ClH/c1-13-10-14(2)19-18(11-13)24-21(28-19)26(9-5-8-25(3)4)20(27)16-7-6-15(23)12-17(16)22;/h6-7,10-12H,5,8-9H2,1-4H3;1H. The molecule has 1 amide bonds. The number of aryl methyl sites for hydroxylation is 2. The minimum atomic E-state index is -0.466. The third-order valence-corrected chi connectivity index (χ3v) is 5.98. The van der Waals surface area contributed by atoms with E-state index in [0.29, 0.717) is 11.7 Å². The van der Waals surface area contributed by atoms with Gasteiger partial charge in [-0.3, -0.25) is 9.69 Å². The molecule has 0 N–H and O–H groups in total. The summed E-state index contributed by atoms with van der Waals surface area (Å²) in [5.74, 6) is -0.732. The second-order valence-electron chi connectivity index (χ2n) is 7.16. The van der Waals surface area contributed by atoms with Gasteiger partial charge in [-0.2, -0.15) is 0 Å². The first kappa shape index (κ1) is 23.5. The summed E-state index contributed by atoms with van der Waals surface area (Å²) in [6.45, 7) is 5.42. The van der Waals surface area contributed by atoms with Gasteiger partial charge < -0.3 is 4.90 Å². The molecule has 1 heterocycles. The van der Waals surface area contributed by atoms with Crippen molar-refractivity contribution in [2.45, 2.75) is 20.3 Å². The van der Waals surface area contributed by atoms with Crippen LogP contribution in [0, 0.1) is 19.7 Å². The quantitative estimate of drug-likeness (QED) is 0.476. The van der Waals surface area contributed by atoms with Crippen molar-refractivity contribution in [3.05, 3.63) is 57.9 Å². The van der Waals surface area contributed by atoms with E-state index in [1.165, 1.54) is 29.5 Å². The number of fused-ring (bicyclic) bond motifs is 1. The van der Waals surface area contributed by atoms with E-state index in [2.05, 4.69) is 11.0 Å². The van der Waals surface area contributed by atoms with Crippen LogP contribution in [-0.4, -0.2) is 43.0 Å². The van der Waals surface area contributed by atoms with E-state index in [4.69, 9.17) is 16.6 Å². The van der Waals surface area contributed by atoms with Crippen LogP contribution in [0.1, 0.15) is 27.9 Å². The number of aromatic nitrogens is 1. The Morgan fingerprint density at radius 1 is 1.17 bits per heavy atom.